The molecule has 1 unspecified atom stereocenters. The number of nitrogens with one attached hydrogen (secondary N) is 1. The van der Waals surface area contributed by atoms with Crippen molar-refractivity contribution in [3.63, 3.8) is 0 Å². The van der Waals surface area contributed by atoms with E-state index in [1.54, 1.807) is 30.6 Å². The van der Waals surface area contributed by atoms with E-state index in [9.17, 15) is 4.39 Å². The first-order chi connectivity index (χ1) is 16.5. The second-order valence-electron chi connectivity index (χ2n) is 7.75. The van der Waals surface area contributed by atoms with Crippen molar-refractivity contribution in [3.8, 4) is 17.1 Å². The maximum Gasteiger partial charge on any atom is 0.258 e. The minimum absolute atomic E-state index is 0.304. The molecule has 2 aromatic carbocycles. The quantitative estimate of drug-likeness (QED) is 0.341. The summed E-state index contributed by atoms with van der Waals surface area (Å²) in [5, 5.41) is 10.2. The molecule has 0 amide bonds. The number of methoxy groups -OCH3 is 1. The van der Waals surface area contributed by atoms with Crippen molar-refractivity contribution >= 4 is 34.2 Å². The Labute approximate surface area is 205 Å². The first-order valence-electron chi connectivity index (χ1n) is 10.6. The number of halogens is 1. The van der Waals surface area contributed by atoms with E-state index in [4.69, 9.17) is 26.5 Å². The van der Waals surface area contributed by atoms with Gasteiger partial charge in [-0.05, 0) is 60.4 Å². The summed E-state index contributed by atoms with van der Waals surface area (Å²) < 4.78 is 24.7. The number of hydrogen-bond acceptors (Lipinski definition) is 6. The molecule has 0 saturated heterocycles. The van der Waals surface area contributed by atoms with Gasteiger partial charge in [-0.25, -0.2) is 4.39 Å². The summed E-state index contributed by atoms with van der Waals surface area (Å²) in [7, 11) is 1.61. The van der Waals surface area contributed by atoms with Gasteiger partial charge in [0.1, 0.15) is 11.6 Å². The fourth-order valence-corrected chi connectivity index (χ4v) is 4.94. The third-order valence-electron chi connectivity index (χ3n) is 5.68. The molecule has 0 saturated carbocycles. The molecule has 6 nitrogen and oxygen atoms in total. The molecule has 0 spiro atoms. The van der Waals surface area contributed by atoms with Crippen LogP contribution in [0.4, 0.5) is 4.39 Å². The average Bonchev–Trinajstić information content (AvgIpc) is 3.54. The van der Waals surface area contributed by atoms with Crippen molar-refractivity contribution < 1.29 is 13.7 Å². The molecule has 172 valence electrons. The van der Waals surface area contributed by atoms with Gasteiger partial charge in [-0.3, -0.25) is 0 Å². The van der Waals surface area contributed by atoms with Crippen LogP contribution in [0.2, 0.25) is 0 Å². The molecule has 1 aliphatic rings. The largest absolute Gasteiger partial charge is 0.497 e. The van der Waals surface area contributed by atoms with Gasteiger partial charge >= 0.3 is 0 Å². The summed E-state index contributed by atoms with van der Waals surface area (Å²) in [5.41, 5.74) is 3.31. The van der Waals surface area contributed by atoms with Crippen LogP contribution in [0.1, 0.15) is 29.3 Å². The highest BCUT2D eigenvalue weighted by atomic mass is 32.1. The van der Waals surface area contributed by atoms with Crippen LogP contribution in [0.5, 0.6) is 5.75 Å². The van der Waals surface area contributed by atoms with Crippen LogP contribution in [0, 0.1) is 5.82 Å². The van der Waals surface area contributed by atoms with Crippen LogP contribution < -0.4 is 10.1 Å². The molecule has 4 aromatic rings. The molecule has 0 aliphatic carbocycles. The van der Waals surface area contributed by atoms with Crippen LogP contribution in [-0.4, -0.2) is 27.3 Å². The zero-order valence-electron chi connectivity index (χ0n) is 18.5. The van der Waals surface area contributed by atoms with Gasteiger partial charge in [0, 0.05) is 16.1 Å². The molecule has 0 fully saturated rings. The third-order valence-corrected chi connectivity index (χ3v) is 6.88. The summed E-state index contributed by atoms with van der Waals surface area (Å²) in [6.07, 6.45) is 0. The molecular formula is C25H21FN4O2S2. The fraction of sp³-hybridized carbons (Fsp3) is 0.160. The summed E-state index contributed by atoms with van der Waals surface area (Å²) in [6.45, 7) is 2.61. The predicted octanol–water partition coefficient (Wildman–Crippen LogP) is 5.81. The second kappa shape index (κ2) is 9.36. The Morgan fingerprint density at radius 3 is 2.74 bits per heavy atom. The zero-order chi connectivity index (χ0) is 23.7. The highest BCUT2D eigenvalue weighted by molar-refractivity contribution is 7.80. The average molecular weight is 493 g/mol. The van der Waals surface area contributed by atoms with E-state index in [0.29, 0.717) is 29.1 Å². The lowest BCUT2D eigenvalue weighted by atomic mass is 9.94. The highest BCUT2D eigenvalue weighted by Gasteiger charge is 2.34. The first-order valence-corrected chi connectivity index (χ1v) is 11.9. The van der Waals surface area contributed by atoms with Gasteiger partial charge < -0.3 is 19.5 Å². The van der Waals surface area contributed by atoms with Gasteiger partial charge in [-0.15, -0.1) is 11.3 Å². The van der Waals surface area contributed by atoms with Gasteiger partial charge in [-0.2, -0.15) is 4.98 Å². The van der Waals surface area contributed by atoms with Crippen molar-refractivity contribution in [2.24, 2.45) is 0 Å². The van der Waals surface area contributed by atoms with Gasteiger partial charge in [-0.1, -0.05) is 35.5 Å². The number of nitrogens with zero attached hydrogens (tertiary/aromatic N) is 3. The number of rotatable bonds is 6. The summed E-state index contributed by atoms with van der Waals surface area (Å²) in [4.78, 5) is 7.90. The number of hydrogen-bond donors (Lipinski definition) is 1. The van der Waals surface area contributed by atoms with E-state index in [0.717, 1.165) is 22.4 Å². The van der Waals surface area contributed by atoms with E-state index >= 15 is 0 Å². The molecule has 2 aromatic heterocycles. The first kappa shape index (κ1) is 22.2. The number of allylic oxidation sites excluding steroid dienone is 1. The SMILES string of the molecule is COc1cccc(-c2noc(C3=C(C)N(Cc4cccs4)C(=S)NC3c3ccc(F)cc3)n2)c1. The molecule has 3 heterocycles. The lowest BCUT2D eigenvalue weighted by Crippen LogP contribution is -2.45. The molecule has 1 N–H and O–H groups in total. The smallest absolute Gasteiger partial charge is 0.258 e. The minimum atomic E-state index is -0.369. The normalized spacial score (nSPS) is 16.0. The van der Waals surface area contributed by atoms with Crippen LogP contribution >= 0.6 is 23.6 Å². The van der Waals surface area contributed by atoms with Crippen LogP contribution in [-0.2, 0) is 6.54 Å². The van der Waals surface area contributed by atoms with E-state index in [1.807, 2.05) is 47.5 Å². The molecule has 1 aliphatic heterocycles. The number of ether oxygens (including phenoxy) is 1. The number of thiocarbonyl (C=S) groups is 1. The van der Waals surface area contributed by atoms with Crippen LogP contribution in [0.3, 0.4) is 0 Å². The van der Waals surface area contributed by atoms with Gasteiger partial charge in [0.25, 0.3) is 5.89 Å². The second-order valence-corrected chi connectivity index (χ2v) is 9.17. The lowest BCUT2D eigenvalue weighted by molar-refractivity contribution is 0.396. The van der Waals surface area contributed by atoms with Crippen molar-refractivity contribution in [2.75, 3.05) is 7.11 Å². The molecule has 1 atom stereocenters. The molecular weight excluding hydrogens is 471 g/mol. The van der Waals surface area contributed by atoms with Crippen LogP contribution in [0.25, 0.3) is 17.0 Å². The van der Waals surface area contributed by atoms with E-state index in [-0.39, 0.29) is 11.9 Å². The minimum Gasteiger partial charge on any atom is -0.497 e. The molecule has 0 radical (unpaired) electrons. The Bertz CT molecular complexity index is 1350. The lowest BCUT2D eigenvalue weighted by Gasteiger charge is -2.37. The summed E-state index contributed by atoms with van der Waals surface area (Å²) in [6, 6.07) is 17.5. The Morgan fingerprint density at radius 1 is 1.18 bits per heavy atom. The van der Waals surface area contributed by atoms with E-state index < -0.39 is 0 Å². The maximum absolute atomic E-state index is 13.6. The van der Waals surface area contributed by atoms with Gasteiger partial charge in [0.15, 0.2) is 5.11 Å². The zero-order valence-corrected chi connectivity index (χ0v) is 20.1. The summed E-state index contributed by atoms with van der Waals surface area (Å²) >= 11 is 7.39. The molecule has 0 bridgehead atoms. The highest BCUT2D eigenvalue weighted by Crippen LogP contribution is 2.38. The van der Waals surface area contributed by atoms with Crippen LogP contribution in [0.15, 0.2) is 76.3 Å². The number of benzene rings is 2. The van der Waals surface area contributed by atoms with E-state index in [2.05, 4.69) is 16.5 Å². The van der Waals surface area contributed by atoms with Gasteiger partial charge in [0.05, 0.1) is 25.3 Å². The monoisotopic (exact) mass is 492 g/mol. The fourth-order valence-electron chi connectivity index (χ4n) is 3.92. The third kappa shape index (κ3) is 4.32. The Balaban J connectivity index is 1.59. The topological polar surface area (TPSA) is 63.4 Å². The molecule has 34 heavy (non-hydrogen) atoms. The number of thiophene rings is 1. The van der Waals surface area contributed by atoms with Crippen molar-refractivity contribution in [3.05, 3.63) is 93.9 Å². The van der Waals surface area contributed by atoms with E-state index in [1.165, 1.54) is 17.0 Å². The molecule has 5 rings (SSSR count). The summed E-state index contributed by atoms with van der Waals surface area (Å²) in [5.74, 6) is 1.22. The number of aromatic nitrogens is 2. The Kier molecular flexibility index (Phi) is 6.12. The van der Waals surface area contributed by atoms with Crippen molar-refractivity contribution in [2.45, 2.75) is 19.5 Å². The Hall–Kier alpha value is -3.56. The van der Waals surface area contributed by atoms with Crippen molar-refractivity contribution in [1.82, 2.24) is 20.4 Å². The molecule has 9 heteroatoms. The maximum atomic E-state index is 13.6. The van der Waals surface area contributed by atoms with Crippen molar-refractivity contribution in [1.29, 1.82) is 0 Å². The predicted molar refractivity (Wildman–Crippen MR) is 134 cm³/mol. The Morgan fingerprint density at radius 2 is 2.00 bits per heavy atom. The van der Waals surface area contributed by atoms with Gasteiger partial charge in [0.2, 0.25) is 5.82 Å². The standard InChI is InChI=1S/C25H21FN4O2S2/c1-15-21(24-28-23(29-32-24)17-5-3-6-19(13-17)31-2)22(16-8-10-18(26)11-9-16)27-25(33)30(15)14-20-7-4-12-34-20/h3-13,22H,14H2,1-2H3,(H,27,33).